The number of benzene rings is 2. The van der Waals surface area contributed by atoms with Crippen molar-refractivity contribution in [1.29, 1.82) is 0 Å². The van der Waals surface area contributed by atoms with Crippen molar-refractivity contribution < 1.29 is 13.2 Å². The molecule has 0 saturated carbocycles. The predicted molar refractivity (Wildman–Crippen MR) is 135 cm³/mol. The van der Waals surface area contributed by atoms with Crippen LogP contribution in [-0.4, -0.2) is 43.6 Å². The predicted octanol–water partition coefficient (Wildman–Crippen LogP) is 5.06. The average molecular weight is 498 g/mol. The summed E-state index contributed by atoms with van der Waals surface area (Å²) in [4.78, 5) is 21.7. The van der Waals surface area contributed by atoms with Gasteiger partial charge in [-0.2, -0.15) is 0 Å². The zero-order chi connectivity index (χ0) is 23.2. The Bertz CT molecular complexity index is 1440. The van der Waals surface area contributed by atoms with Crippen LogP contribution >= 0.6 is 22.7 Å². The first-order chi connectivity index (χ1) is 15.9. The maximum Gasteiger partial charge on any atom is 0.256 e. The minimum absolute atomic E-state index is 0.00894. The van der Waals surface area contributed by atoms with Crippen LogP contribution in [0.5, 0.6) is 0 Å². The number of hydrogen-bond donors (Lipinski definition) is 1. The highest BCUT2D eigenvalue weighted by Gasteiger charge is 2.27. The van der Waals surface area contributed by atoms with Gasteiger partial charge in [0.25, 0.3) is 5.91 Å². The Balaban J connectivity index is 1.56. The number of fused-ring (bicyclic) bond motifs is 2. The lowest BCUT2D eigenvalue weighted by Crippen LogP contribution is -2.25. The van der Waals surface area contributed by atoms with E-state index in [0.29, 0.717) is 5.56 Å². The van der Waals surface area contributed by atoms with Gasteiger partial charge in [0.1, 0.15) is 10.0 Å². The van der Waals surface area contributed by atoms with Crippen LogP contribution in [0.4, 0.5) is 5.00 Å². The molecule has 0 atom stereocenters. The van der Waals surface area contributed by atoms with Gasteiger partial charge in [-0.15, -0.1) is 22.7 Å². The molecule has 0 spiro atoms. The molecule has 6 nitrogen and oxygen atoms in total. The number of rotatable bonds is 5. The van der Waals surface area contributed by atoms with E-state index in [2.05, 4.69) is 23.3 Å². The summed E-state index contributed by atoms with van der Waals surface area (Å²) in [6.45, 7) is 3.38. The van der Waals surface area contributed by atoms with Gasteiger partial charge in [0, 0.05) is 29.1 Å². The van der Waals surface area contributed by atoms with E-state index in [1.54, 1.807) is 41.7 Å². The van der Waals surface area contributed by atoms with Gasteiger partial charge in [0.2, 0.25) is 0 Å². The molecule has 33 heavy (non-hydrogen) atoms. The highest BCUT2D eigenvalue weighted by atomic mass is 32.2. The summed E-state index contributed by atoms with van der Waals surface area (Å²) in [7, 11) is -1.30. The lowest BCUT2D eigenvalue weighted by Gasteiger charge is -2.22. The fourth-order valence-electron chi connectivity index (χ4n) is 4.00. The van der Waals surface area contributed by atoms with Gasteiger partial charge in [-0.3, -0.25) is 4.79 Å². The normalized spacial score (nSPS) is 14.4. The van der Waals surface area contributed by atoms with Gasteiger partial charge in [-0.25, -0.2) is 13.4 Å². The van der Waals surface area contributed by atoms with Gasteiger partial charge in [0.05, 0.1) is 20.9 Å². The van der Waals surface area contributed by atoms with Crippen LogP contribution in [0, 0.1) is 0 Å². The molecule has 0 bridgehead atoms. The van der Waals surface area contributed by atoms with Crippen LogP contribution in [0.2, 0.25) is 0 Å². The van der Waals surface area contributed by atoms with Gasteiger partial charge < -0.3 is 10.2 Å². The smallest absolute Gasteiger partial charge is 0.256 e. The number of nitrogens with one attached hydrogen (secondary N) is 1. The molecular weight excluding hydrogens is 474 g/mol. The van der Waals surface area contributed by atoms with Crippen LogP contribution in [0.25, 0.3) is 20.8 Å². The zero-order valence-corrected chi connectivity index (χ0v) is 20.7. The third-order valence-electron chi connectivity index (χ3n) is 5.82. The van der Waals surface area contributed by atoms with E-state index < -0.39 is 9.84 Å². The van der Waals surface area contributed by atoms with Gasteiger partial charge in [-0.05, 0) is 49.4 Å². The van der Waals surface area contributed by atoms with Crippen molar-refractivity contribution in [2.45, 2.75) is 24.8 Å². The van der Waals surface area contributed by atoms with Gasteiger partial charge in [-0.1, -0.05) is 25.1 Å². The Morgan fingerprint density at radius 1 is 1.15 bits per heavy atom. The lowest BCUT2D eigenvalue weighted by atomic mass is 10.0. The molecule has 1 N–H and O–H groups in total. The van der Waals surface area contributed by atoms with Crippen molar-refractivity contribution in [3.8, 4) is 10.6 Å². The van der Waals surface area contributed by atoms with E-state index in [1.165, 1.54) is 22.6 Å². The average Bonchev–Trinajstić information content (AvgIpc) is 3.39. The van der Waals surface area contributed by atoms with Gasteiger partial charge >= 0.3 is 0 Å². The standard InChI is InChI=1S/C24H23N3O3S3/c1-3-33(29,30)16-8-6-7-15(13-16)22(28)26-24-21(17-11-12-27(2)14-20(17)32-24)23-25-18-9-4-5-10-19(18)31-23/h4-10,13H,3,11-12,14H2,1-2H3,(H,26,28). The number of hydrogen-bond acceptors (Lipinski definition) is 7. The monoisotopic (exact) mass is 497 g/mol. The second kappa shape index (κ2) is 8.64. The summed E-state index contributed by atoms with van der Waals surface area (Å²) in [6.07, 6.45) is 0.897. The fraction of sp³-hybridized carbons (Fsp3) is 0.250. The molecule has 0 fully saturated rings. The largest absolute Gasteiger partial charge is 0.313 e. The van der Waals surface area contributed by atoms with Crippen LogP contribution in [0.15, 0.2) is 53.4 Å². The van der Waals surface area contributed by atoms with Crippen molar-refractivity contribution in [3.63, 3.8) is 0 Å². The third-order valence-corrected chi connectivity index (χ3v) is 9.74. The number of anilines is 1. The minimum atomic E-state index is -3.39. The molecule has 1 aliphatic rings. The maximum atomic E-state index is 13.2. The summed E-state index contributed by atoms with van der Waals surface area (Å²) in [5.74, 6) is -0.331. The second-order valence-corrected chi connectivity index (χ2v) is 12.5. The van der Waals surface area contributed by atoms with Crippen molar-refractivity contribution >= 4 is 53.6 Å². The first kappa shape index (κ1) is 22.2. The number of sulfone groups is 1. The number of amides is 1. The molecule has 2 aromatic heterocycles. The first-order valence-corrected chi connectivity index (χ1v) is 14.0. The number of thiophene rings is 1. The van der Waals surface area contributed by atoms with E-state index in [1.807, 2.05) is 18.2 Å². The molecule has 170 valence electrons. The molecule has 0 saturated heterocycles. The molecule has 4 aromatic rings. The minimum Gasteiger partial charge on any atom is -0.313 e. The van der Waals surface area contributed by atoms with Crippen LogP contribution in [0.1, 0.15) is 27.7 Å². The second-order valence-electron chi connectivity index (χ2n) is 8.07. The molecule has 3 heterocycles. The topological polar surface area (TPSA) is 79.4 Å². The van der Waals surface area contributed by atoms with Crippen LogP contribution in [-0.2, 0) is 22.8 Å². The molecule has 5 rings (SSSR count). The zero-order valence-electron chi connectivity index (χ0n) is 18.3. The van der Waals surface area contributed by atoms with E-state index in [-0.39, 0.29) is 16.6 Å². The number of thiazole rings is 1. The molecule has 2 aromatic carbocycles. The van der Waals surface area contributed by atoms with E-state index in [4.69, 9.17) is 4.98 Å². The molecule has 1 aliphatic heterocycles. The number of aromatic nitrogens is 1. The Kier molecular flexibility index (Phi) is 5.82. The highest BCUT2D eigenvalue weighted by Crippen LogP contribution is 2.45. The lowest BCUT2D eigenvalue weighted by molar-refractivity contribution is 0.102. The van der Waals surface area contributed by atoms with Gasteiger partial charge in [0.15, 0.2) is 9.84 Å². The maximum absolute atomic E-state index is 13.2. The summed E-state index contributed by atoms with van der Waals surface area (Å²) in [5.41, 5.74) is 3.51. The third kappa shape index (κ3) is 4.21. The fourth-order valence-corrected chi connectivity index (χ4v) is 7.36. The summed E-state index contributed by atoms with van der Waals surface area (Å²) in [6, 6.07) is 14.3. The molecular formula is C24H23N3O3S3. The summed E-state index contributed by atoms with van der Waals surface area (Å²) >= 11 is 3.21. The number of nitrogens with zero attached hydrogens (tertiary/aromatic N) is 2. The highest BCUT2D eigenvalue weighted by molar-refractivity contribution is 7.91. The number of carbonyl (C=O) groups excluding carboxylic acids is 1. The van der Waals surface area contributed by atoms with E-state index in [0.717, 1.165) is 45.3 Å². The van der Waals surface area contributed by atoms with E-state index >= 15 is 0 Å². The molecule has 1 amide bonds. The molecule has 0 aliphatic carbocycles. The van der Waals surface area contributed by atoms with Crippen molar-refractivity contribution in [1.82, 2.24) is 9.88 Å². The summed E-state index contributed by atoms with van der Waals surface area (Å²) < 4.78 is 25.7. The van der Waals surface area contributed by atoms with Crippen molar-refractivity contribution in [2.75, 3.05) is 24.7 Å². The summed E-state index contributed by atoms with van der Waals surface area (Å²) in [5, 5.41) is 4.74. The Morgan fingerprint density at radius 3 is 2.76 bits per heavy atom. The van der Waals surface area contributed by atoms with Crippen molar-refractivity contribution in [3.05, 3.63) is 64.5 Å². The van der Waals surface area contributed by atoms with Crippen LogP contribution in [0.3, 0.4) is 0 Å². The Hall–Kier alpha value is -2.59. The molecule has 0 radical (unpaired) electrons. The van der Waals surface area contributed by atoms with E-state index in [9.17, 15) is 13.2 Å². The molecule has 9 heteroatoms. The number of carbonyl (C=O) groups is 1. The molecule has 0 unspecified atom stereocenters. The first-order valence-electron chi connectivity index (χ1n) is 10.7. The Morgan fingerprint density at radius 2 is 1.97 bits per heavy atom. The Labute approximate surface area is 200 Å². The SMILES string of the molecule is CCS(=O)(=O)c1cccc(C(=O)Nc2sc3c(c2-c2nc4ccccc4s2)CCN(C)C3)c1. The number of para-hydroxylation sites is 1. The van der Waals surface area contributed by atoms with Crippen molar-refractivity contribution in [2.24, 2.45) is 0 Å². The quantitative estimate of drug-likeness (QED) is 0.417. The number of likely N-dealkylation sites (N-methyl/N-ethyl adjacent to an activating group) is 1. The van der Waals surface area contributed by atoms with Crippen LogP contribution < -0.4 is 5.32 Å².